The van der Waals surface area contributed by atoms with Crippen LogP contribution in [-0.4, -0.2) is 13.9 Å². The summed E-state index contributed by atoms with van der Waals surface area (Å²) in [6.45, 7) is 0. The molecule has 0 saturated heterocycles. The summed E-state index contributed by atoms with van der Waals surface area (Å²) in [4.78, 5) is -0.191. The fourth-order valence-corrected chi connectivity index (χ4v) is 4.27. The highest BCUT2D eigenvalue weighted by Gasteiger charge is 2.30. The SMILES string of the molecule is O=S(=O)(Nc1ccc(SC(F)(F)F)c(Cl)c1)c1cccs1. The lowest BCUT2D eigenvalue weighted by Gasteiger charge is -2.10. The summed E-state index contributed by atoms with van der Waals surface area (Å²) < 4.78 is 63.1. The fourth-order valence-electron chi connectivity index (χ4n) is 1.39. The van der Waals surface area contributed by atoms with E-state index in [4.69, 9.17) is 11.6 Å². The molecule has 114 valence electrons. The largest absolute Gasteiger partial charge is 0.446 e. The van der Waals surface area contributed by atoms with E-state index in [1.807, 2.05) is 0 Å². The van der Waals surface area contributed by atoms with E-state index >= 15 is 0 Å². The number of halogens is 4. The molecule has 0 unspecified atom stereocenters. The van der Waals surface area contributed by atoms with Crippen LogP contribution in [0.15, 0.2) is 44.8 Å². The van der Waals surface area contributed by atoms with Gasteiger partial charge in [-0.3, -0.25) is 4.72 Å². The van der Waals surface area contributed by atoms with Crippen LogP contribution in [0.4, 0.5) is 18.9 Å². The van der Waals surface area contributed by atoms with Crippen molar-refractivity contribution in [2.24, 2.45) is 0 Å². The maximum absolute atomic E-state index is 12.3. The van der Waals surface area contributed by atoms with Crippen molar-refractivity contribution in [1.82, 2.24) is 0 Å². The van der Waals surface area contributed by atoms with Crippen molar-refractivity contribution in [2.45, 2.75) is 14.6 Å². The number of hydrogen-bond donors (Lipinski definition) is 1. The molecule has 0 aliphatic carbocycles. The summed E-state index contributed by atoms with van der Waals surface area (Å²) in [5, 5.41) is 1.42. The van der Waals surface area contributed by atoms with Crippen molar-refractivity contribution in [3.63, 3.8) is 0 Å². The average Bonchev–Trinajstić information content (AvgIpc) is 2.85. The van der Waals surface area contributed by atoms with E-state index in [9.17, 15) is 21.6 Å². The summed E-state index contributed by atoms with van der Waals surface area (Å²) in [6.07, 6.45) is 0. The highest BCUT2D eigenvalue weighted by molar-refractivity contribution is 8.00. The van der Waals surface area contributed by atoms with E-state index in [2.05, 4.69) is 4.72 Å². The summed E-state index contributed by atoms with van der Waals surface area (Å²) in [5.41, 5.74) is -4.36. The molecule has 0 aliphatic heterocycles. The molecule has 0 atom stereocenters. The van der Waals surface area contributed by atoms with Crippen molar-refractivity contribution >= 4 is 50.4 Å². The summed E-state index contributed by atoms with van der Waals surface area (Å²) in [7, 11) is -3.75. The molecule has 0 saturated carbocycles. The topological polar surface area (TPSA) is 46.2 Å². The van der Waals surface area contributed by atoms with E-state index in [1.54, 1.807) is 11.4 Å². The Balaban J connectivity index is 2.22. The van der Waals surface area contributed by atoms with Crippen molar-refractivity contribution in [3.8, 4) is 0 Å². The molecule has 21 heavy (non-hydrogen) atoms. The van der Waals surface area contributed by atoms with Crippen LogP contribution < -0.4 is 4.72 Å². The first-order valence-electron chi connectivity index (χ1n) is 5.29. The van der Waals surface area contributed by atoms with Gasteiger partial charge in [-0.25, -0.2) is 8.42 Å². The van der Waals surface area contributed by atoms with Gasteiger partial charge in [0, 0.05) is 4.90 Å². The van der Waals surface area contributed by atoms with Gasteiger partial charge in [-0.15, -0.1) is 11.3 Å². The van der Waals surface area contributed by atoms with Gasteiger partial charge in [0.25, 0.3) is 10.0 Å². The Bertz CT molecular complexity index is 730. The summed E-state index contributed by atoms with van der Waals surface area (Å²) >= 11 is 6.41. The van der Waals surface area contributed by atoms with Gasteiger partial charge in [-0.2, -0.15) is 13.2 Å². The predicted octanol–water partition coefficient (Wildman–Crippen LogP) is 4.81. The van der Waals surface area contributed by atoms with Crippen LogP contribution in [0.2, 0.25) is 5.02 Å². The van der Waals surface area contributed by atoms with Gasteiger partial charge in [0.15, 0.2) is 0 Å². The molecule has 1 N–H and O–H groups in total. The molecule has 0 amide bonds. The lowest BCUT2D eigenvalue weighted by atomic mass is 10.3. The van der Waals surface area contributed by atoms with Gasteiger partial charge in [-0.05, 0) is 41.4 Å². The molecule has 1 aromatic heterocycles. The van der Waals surface area contributed by atoms with E-state index < -0.39 is 15.5 Å². The van der Waals surface area contributed by atoms with Crippen LogP contribution in [0, 0.1) is 0 Å². The predicted molar refractivity (Wildman–Crippen MR) is 78.5 cm³/mol. The minimum atomic E-state index is -4.46. The number of anilines is 1. The molecule has 10 heteroatoms. The van der Waals surface area contributed by atoms with Crippen LogP contribution in [0.3, 0.4) is 0 Å². The highest BCUT2D eigenvalue weighted by Crippen LogP contribution is 2.41. The smallest absolute Gasteiger partial charge is 0.279 e. The number of alkyl halides is 3. The molecule has 0 aliphatic rings. The van der Waals surface area contributed by atoms with Crippen molar-refractivity contribution in [3.05, 3.63) is 40.7 Å². The normalized spacial score (nSPS) is 12.4. The van der Waals surface area contributed by atoms with Gasteiger partial charge in [0.1, 0.15) is 4.21 Å². The van der Waals surface area contributed by atoms with Gasteiger partial charge in [0.2, 0.25) is 0 Å². The molecule has 0 bridgehead atoms. The van der Waals surface area contributed by atoms with E-state index in [0.717, 1.165) is 23.5 Å². The van der Waals surface area contributed by atoms with Gasteiger partial charge in [-0.1, -0.05) is 17.7 Å². The number of thiophene rings is 1. The number of sulfonamides is 1. The molecular formula is C11H7ClF3NO2S3. The molecular weight excluding hydrogens is 367 g/mol. The monoisotopic (exact) mass is 373 g/mol. The molecule has 0 radical (unpaired) electrons. The van der Waals surface area contributed by atoms with Gasteiger partial charge < -0.3 is 0 Å². The van der Waals surface area contributed by atoms with Gasteiger partial charge in [0.05, 0.1) is 10.7 Å². The molecule has 0 fully saturated rings. The van der Waals surface area contributed by atoms with Crippen LogP contribution >= 0.6 is 34.7 Å². The zero-order chi connectivity index (χ0) is 15.7. The second-order valence-electron chi connectivity index (χ2n) is 3.73. The lowest BCUT2D eigenvalue weighted by molar-refractivity contribution is -0.0328. The second-order valence-corrected chi connectivity index (χ2v) is 8.10. The van der Waals surface area contributed by atoms with Crippen LogP contribution in [0.1, 0.15) is 0 Å². The first kappa shape index (κ1) is 16.5. The third-order valence-electron chi connectivity index (χ3n) is 2.17. The minimum Gasteiger partial charge on any atom is -0.279 e. The molecule has 2 aromatic rings. The molecule has 3 nitrogen and oxygen atoms in total. The summed E-state index contributed by atoms with van der Waals surface area (Å²) in [6, 6.07) is 6.48. The third kappa shape index (κ3) is 4.53. The molecule has 1 aromatic carbocycles. The molecule has 2 rings (SSSR count). The Morgan fingerprint density at radius 2 is 1.95 bits per heavy atom. The second kappa shape index (κ2) is 6.07. The lowest BCUT2D eigenvalue weighted by Crippen LogP contribution is -2.11. The maximum atomic E-state index is 12.3. The third-order valence-corrected chi connectivity index (χ3v) is 6.18. The fraction of sp³-hybridized carbons (Fsp3) is 0.0909. The van der Waals surface area contributed by atoms with E-state index in [-0.39, 0.29) is 31.6 Å². The zero-order valence-electron chi connectivity index (χ0n) is 10.0. The Hall–Kier alpha value is -0.900. The Labute approximate surface area is 132 Å². The minimum absolute atomic E-state index is 0.0972. The van der Waals surface area contributed by atoms with Crippen molar-refractivity contribution in [2.75, 3.05) is 4.72 Å². The quantitative estimate of drug-likeness (QED) is 0.782. The Morgan fingerprint density at radius 3 is 2.48 bits per heavy atom. The average molecular weight is 374 g/mol. The number of hydrogen-bond acceptors (Lipinski definition) is 4. The molecule has 1 heterocycles. The first-order valence-corrected chi connectivity index (χ1v) is 8.85. The van der Waals surface area contributed by atoms with Crippen LogP contribution in [0.25, 0.3) is 0 Å². The van der Waals surface area contributed by atoms with Crippen LogP contribution in [-0.2, 0) is 10.0 Å². The number of rotatable bonds is 4. The Morgan fingerprint density at radius 1 is 1.24 bits per heavy atom. The van der Waals surface area contributed by atoms with Crippen molar-refractivity contribution < 1.29 is 21.6 Å². The number of thioether (sulfide) groups is 1. The standard InChI is InChI=1S/C11H7ClF3NO2S3/c12-8-6-7(3-4-9(8)20-11(13,14)15)16-21(17,18)10-2-1-5-19-10/h1-6,16H. The zero-order valence-corrected chi connectivity index (χ0v) is 13.2. The first-order chi connectivity index (χ1) is 9.67. The highest BCUT2D eigenvalue weighted by atomic mass is 35.5. The van der Waals surface area contributed by atoms with E-state index in [1.165, 1.54) is 12.1 Å². The van der Waals surface area contributed by atoms with Crippen LogP contribution in [0.5, 0.6) is 0 Å². The molecule has 0 spiro atoms. The number of nitrogens with one attached hydrogen (secondary N) is 1. The maximum Gasteiger partial charge on any atom is 0.446 e. The van der Waals surface area contributed by atoms with Crippen molar-refractivity contribution in [1.29, 1.82) is 0 Å². The van der Waals surface area contributed by atoms with E-state index in [0.29, 0.717) is 0 Å². The number of benzene rings is 1. The summed E-state index contributed by atoms with van der Waals surface area (Å²) in [5.74, 6) is 0. The Kier molecular flexibility index (Phi) is 4.76. The van der Waals surface area contributed by atoms with Gasteiger partial charge >= 0.3 is 5.51 Å².